The molecular weight excluding hydrogens is 400 g/mol. The molecule has 0 aliphatic rings. The molecule has 0 saturated carbocycles. The van der Waals surface area contributed by atoms with E-state index in [2.05, 4.69) is 26.1 Å². The molecule has 0 bridgehead atoms. The van der Waals surface area contributed by atoms with Crippen molar-refractivity contribution in [2.45, 2.75) is 72.4 Å². The van der Waals surface area contributed by atoms with Crippen LogP contribution in [0.1, 0.15) is 64.2 Å². The second-order valence-electron chi connectivity index (χ2n) is 9.29. The fraction of sp³-hybridized carbons (Fsp3) is 0.481. The zero-order valence-electron chi connectivity index (χ0n) is 20.4. The summed E-state index contributed by atoms with van der Waals surface area (Å²) in [7, 11) is 0. The Hall–Kier alpha value is -2.82. The Kier molecular flexibility index (Phi) is 9.30. The van der Waals surface area contributed by atoms with Gasteiger partial charge in [0, 0.05) is 13.1 Å². The van der Waals surface area contributed by atoms with Crippen molar-refractivity contribution in [2.24, 2.45) is 0 Å². The van der Waals surface area contributed by atoms with Crippen molar-refractivity contribution in [3.8, 4) is 5.75 Å². The van der Waals surface area contributed by atoms with Gasteiger partial charge in [-0.2, -0.15) is 0 Å². The number of amides is 2. The molecule has 0 spiro atoms. The first-order valence-electron chi connectivity index (χ1n) is 11.5. The quantitative estimate of drug-likeness (QED) is 0.568. The molecule has 32 heavy (non-hydrogen) atoms. The number of rotatable bonds is 10. The highest BCUT2D eigenvalue weighted by Crippen LogP contribution is 2.24. The molecule has 2 amide bonds. The van der Waals surface area contributed by atoms with E-state index < -0.39 is 6.04 Å². The van der Waals surface area contributed by atoms with Crippen LogP contribution in [0.4, 0.5) is 0 Å². The molecule has 1 atom stereocenters. The molecule has 2 aromatic rings. The second-order valence-corrected chi connectivity index (χ2v) is 9.29. The van der Waals surface area contributed by atoms with Crippen LogP contribution >= 0.6 is 0 Å². The summed E-state index contributed by atoms with van der Waals surface area (Å²) >= 11 is 0. The van der Waals surface area contributed by atoms with Crippen molar-refractivity contribution < 1.29 is 14.3 Å². The molecule has 0 aliphatic heterocycles. The fourth-order valence-electron chi connectivity index (χ4n) is 3.57. The Labute approximate surface area is 193 Å². The largest absolute Gasteiger partial charge is 0.484 e. The summed E-state index contributed by atoms with van der Waals surface area (Å²) in [6.07, 6.45) is 1.38. The highest BCUT2D eigenvalue weighted by molar-refractivity contribution is 5.88. The standard InChI is InChI=1S/C27H38N2O3/c1-7-16-28-26(31)24(8-2)29(18-21-11-9-10-20(3)17-21)25(30)19-32-23-14-12-22(13-15-23)27(4,5)6/h9-15,17,24H,7-8,16,18-19H2,1-6H3,(H,28,31). The molecule has 5 nitrogen and oxygen atoms in total. The number of carbonyl (C=O) groups is 2. The van der Waals surface area contributed by atoms with Crippen molar-refractivity contribution in [3.05, 3.63) is 65.2 Å². The number of aryl methyl sites for hydroxylation is 1. The minimum absolute atomic E-state index is 0.0547. The van der Waals surface area contributed by atoms with E-state index in [1.807, 2.05) is 69.3 Å². The van der Waals surface area contributed by atoms with E-state index in [4.69, 9.17) is 4.74 Å². The maximum atomic E-state index is 13.2. The Bertz CT molecular complexity index is 885. The Morgan fingerprint density at radius 3 is 2.31 bits per heavy atom. The maximum Gasteiger partial charge on any atom is 0.261 e. The lowest BCUT2D eigenvalue weighted by atomic mass is 9.87. The van der Waals surface area contributed by atoms with E-state index in [1.165, 1.54) is 5.56 Å². The number of hydrogen-bond acceptors (Lipinski definition) is 3. The molecule has 0 aliphatic carbocycles. The summed E-state index contributed by atoms with van der Waals surface area (Å²) in [5.41, 5.74) is 3.37. The van der Waals surface area contributed by atoms with Crippen LogP contribution in [0.3, 0.4) is 0 Å². The van der Waals surface area contributed by atoms with Gasteiger partial charge in [0.05, 0.1) is 0 Å². The fourth-order valence-corrected chi connectivity index (χ4v) is 3.57. The molecule has 1 unspecified atom stereocenters. The van der Waals surface area contributed by atoms with Gasteiger partial charge in [0.15, 0.2) is 6.61 Å². The van der Waals surface area contributed by atoms with Gasteiger partial charge in [0.25, 0.3) is 5.91 Å². The first-order valence-corrected chi connectivity index (χ1v) is 11.5. The smallest absolute Gasteiger partial charge is 0.261 e. The van der Waals surface area contributed by atoms with Crippen LogP contribution in [-0.2, 0) is 21.5 Å². The number of nitrogens with one attached hydrogen (secondary N) is 1. The van der Waals surface area contributed by atoms with Crippen molar-refractivity contribution in [1.29, 1.82) is 0 Å². The third-order valence-corrected chi connectivity index (χ3v) is 5.45. The normalized spacial score (nSPS) is 12.2. The summed E-state index contributed by atoms with van der Waals surface area (Å²) in [5.74, 6) is 0.320. The van der Waals surface area contributed by atoms with Crippen molar-refractivity contribution in [3.63, 3.8) is 0 Å². The monoisotopic (exact) mass is 438 g/mol. The molecule has 1 N–H and O–H groups in total. The minimum Gasteiger partial charge on any atom is -0.484 e. The van der Waals surface area contributed by atoms with Crippen LogP contribution < -0.4 is 10.1 Å². The number of nitrogens with zero attached hydrogens (tertiary/aromatic N) is 1. The average molecular weight is 439 g/mol. The average Bonchev–Trinajstić information content (AvgIpc) is 2.75. The van der Waals surface area contributed by atoms with Gasteiger partial charge in [0.1, 0.15) is 11.8 Å². The number of hydrogen-bond donors (Lipinski definition) is 1. The topological polar surface area (TPSA) is 58.6 Å². The van der Waals surface area contributed by atoms with E-state index in [-0.39, 0.29) is 23.8 Å². The van der Waals surface area contributed by atoms with Gasteiger partial charge in [-0.15, -0.1) is 0 Å². The van der Waals surface area contributed by atoms with Gasteiger partial charge in [-0.1, -0.05) is 76.6 Å². The van der Waals surface area contributed by atoms with Gasteiger partial charge in [-0.3, -0.25) is 9.59 Å². The van der Waals surface area contributed by atoms with Crippen LogP contribution in [0, 0.1) is 6.92 Å². The highest BCUT2D eigenvalue weighted by atomic mass is 16.5. The number of benzene rings is 2. The molecule has 0 radical (unpaired) electrons. The summed E-state index contributed by atoms with van der Waals surface area (Å²) in [6.45, 7) is 13.3. The number of ether oxygens (including phenoxy) is 1. The first-order chi connectivity index (χ1) is 15.2. The summed E-state index contributed by atoms with van der Waals surface area (Å²) < 4.78 is 5.81. The summed E-state index contributed by atoms with van der Waals surface area (Å²) in [6, 6.07) is 15.3. The van der Waals surface area contributed by atoms with Crippen molar-refractivity contribution in [2.75, 3.05) is 13.2 Å². The Morgan fingerprint density at radius 1 is 1.06 bits per heavy atom. The van der Waals surface area contributed by atoms with Gasteiger partial charge in [-0.05, 0) is 48.4 Å². The molecule has 0 heterocycles. The first kappa shape index (κ1) is 25.4. The SMILES string of the molecule is CCCNC(=O)C(CC)N(Cc1cccc(C)c1)C(=O)COc1ccc(C(C)(C)C)cc1. The van der Waals surface area contributed by atoms with E-state index >= 15 is 0 Å². The van der Waals surface area contributed by atoms with Crippen molar-refractivity contribution >= 4 is 11.8 Å². The molecule has 2 rings (SSSR count). The Balaban J connectivity index is 2.17. The van der Waals surface area contributed by atoms with E-state index in [0.29, 0.717) is 25.3 Å². The third-order valence-electron chi connectivity index (χ3n) is 5.45. The summed E-state index contributed by atoms with van der Waals surface area (Å²) in [5, 5.41) is 2.94. The van der Waals surface area contributed by atoms with Crippen LogP contribution in [0.2, 0.25) is 0 Å². The van der Waals surface area contributed by atoms with Crippen LogP contribution in [0.5, 0.6) is 5.75 Å². The molecule has 174 valence electrons. The maximum absolute atomic E-state index is 13.2. The lowest BCUT2D eigenvalue weighted by Crippen LogP contribution is -2.50. The van der Waals surface area contributed by atoms with Gasteiger partial charge >= 0.3 is 0 Å². The van der Waals surface area contributed by atoms with Gasteiger partial charge in [0.2, 0.25) is 5.91 Å². The summed E-state index contributed by atoms with van der Waals surface area (Å²) in [4.78, 5) is 27.7. The second kappa shape index (κ2) is 11.7. The number of carbonyl (C=O) groups excluding carboxylic acids is 2. The van der Waals surface area contributed by atoms with Gasteiger partial charge < -0.3 is 15.0 Å². The molecule has 0 fully saturated rings. The lowest BCUT2D eigenvalue weighted by Gasteiger charge is -2.30. The van der Waals surface area contributed by atoms with Gasteiger partial charge in [-0.25, -0.2) is 0 Å². The predicted octanol–water partition coefficient (Wildman–Crippen LogP) is 5.00. The van der Waals surface area contributed by atoms with Crippen LogP contribution in [0.25, 0.3) is 0 Å². The van der Waals surface area contributed by atoms with E-state index in [9.17, 15) is 9.59 Å². The predicted molar refractivity (Wildman–Crippen MR) is 130 cm³/mol. The highest BCUT2D eigenvalue weighted by Gasteiger charge is 2.28. The van der Waals surface area contributed by atoms with Crippen LogP contribution in [-0.4, -0.2) is 35.9 Å². The molecule has 0 aromatic heterocycles. The Morgan fingerprint density at radius 2 is 1.75 bits per heavy atom. The molecular formula is C27H38N2O3. The molecule has 0 saturated heterocycles. The lowest BCUT2D eigenvalue weighted by molar-refractivity contribution is -0.143. The third kappa shape index (κ3) is 7.40. The van der Waals surface area contributed by atoms with E-state index in [0.717, 1.165) is 17.5 Å². The van der Waals surface area contributed by atoms with E-state index in [1.54, 1.807) is 4.90 Å². The zero-order chi connectivity index (χ0) is 23.7. The van der Waals surface area contributed by atoms with Crippen molar-refractivity contribution in [1.82, 2.24) is 10.2 Å². The molecule has 5 heteroatoms. The minimum atomic E-state index is -0.540. The zero-order valence-corrected chi connectivity index (χ0v) is 20.4. The molecule has 2 aromatic carbocycles. The van der Waals surface area contributed by atoms with Crippen LogP contribution in [0.15, 0.2) is 48.5 Å².